The normalized spacial score (nSPS) is 34.7. The number of hydrogen-bond acceptors (Lipinski definition) is 4. The van der Waals surface area contributed by atoms with Gasteiger partial charge in [0.1, 0.15) is 5.75 Å². The molecule has 0 amide bonds. The molecule has 2 fully saturated rings. The molecule has 3 atom stereocenters. The van der Waals surface area contributed by atoms with Gasteiger partial charge < -0.3 is 14.9 Å². The standard InChI is InChI=1S/C19H27NO3/c1-3-10-20-11-9-18(15-5-4-6-17(12-15)23-2)13-16(21)7-8-19(18,22)14-20/h3-6,12,16,21-22H,1,7-11,13-14H2,2H3/t16?,18-,19-/m1/s1. The minimum atomic E-state index is -0.820. The minimum absolute atomic E-state index is 0.354. The molecule has 1 aliphatic heterocycles. The Balaban J connectivity index is 2.01. The van der Waals surface area contributed by atoms with Gasteiger partial charge >= 0.3 is 0 Å². The summed E-state index contributed by atoms with van der Waals surface area (Å²) in [6.45, 7) is 6.13. The number of hydrogen-bond donors (Lipinski definition) is 2. The summed E-state index contributed by atoms with van der Waals surface area (Å²) in [5.74, 6) is 0.799. The van der Waals surface area contributed by atoms with Gasteiger partial charge in [-0.3, -0.25) is 4.90 Å². The van der Waals surface area contributed by atoms with Gasteiger partial charge in [-0.25, -0.2) is 0 Å². The number of ether oxygens (including phenoxy) is 1. The van der Waals surface area contributed by atoms with E-state index in [0.717, 1.165) is 30.8 Å². The molecule has 1 aliphatic carbocycles. The fraction of sp³-hybridized carbons (Fsp3) is 0.579. The Hall–Kier alpha value is -1.36. The summed E-state index contributed by atoms with van der Waals surface area (Å²) in [5, 5.41) is 21.9. The van der Waals surface area contributed by atoms with Crippen molar-refractivity contribution in [2.45, 2.75) is 42.8 Å². The second kappa shape index (κ2) is 6.27. The zero-order valence-electron chi connectivity index (χ0n) is 13.9. The van der Waals surface area contributed by atoms with Crippen LogP contribution < -0.4 is 4.74 Å². The molecule has 3 rings (SSSR count). The van der Waals surface area contributed by atoms with Gasteiger partial charge in [-0.05, 0) is 49.9 Å². The van der Waals surface area contributed by atoms with Crippen molar-refractivity contribution in [1.29, 1.82) is 0 Å². The first-order valence-electron chi connectivity index (χ1n) is 8.41. The van der Waals surface area contributed by atoms with E-state index in [4.69, 9.17) is 4.74 Å². The Labute approximate surface area is 138 Å². The monoisotopic (exact) mass is 317 g/mol. The average molecular weight is 317 g/mol. The highest BCUT2D eigenvalue weighted by atomic mass is 16.5. The van der Waals surface area contributed by atoms with E-state index in [1.807, 2.05) is 24.3 Å². The minimum Gasteiger partial charge on any atom is -0.497 e. The molecule has 1 heterocycles. The first-order chi connectivity index (χ1) is 11.0. The molecule has 2 N–H and O–H groups in total. The number of likely N-dealkylation sites (tertiary alicyclic amines) is 1. The Bertz CT molecular complexity index is 575. The van der Waals surface area contributed by atoms with Crippen LogP contribution in [0.3, 0.4) is 0 Å². The smallest absolute Gasteiger partial charge is 0.119 e. The Morgan fingerprint density at radius 3 is 3.00 bits per heavy atom. The van der Waals surface area contributed by atoms with Crippen LogP contribution in [0, 0.1) is 0 Å². The van der Waals surface area contributed by atoms with Gasteiger partial charge in [0.2, 0.25) is 0 Å². The van der Waals surface area contributed by atoms with E-state index in [1.54, 1.807) is 7.11 Å². The number of nitrogens with zero attached hydrogens (tertiary/aromatic N) is 1. The largest absolute Gasteiger partial charge is 0.497 e. The van der Waals surface area contributed by atoms with Crippen LogP contribution in [-0.2, 0) is 5.41 Å². The summed E-state index contributed by atoms with van der Waals surface area (Å²) >= 11 is 0. The summed E-state index contributed by atoms with van der Waals surface area (Å²) in [6, 6.07) is 7.98. The average Bonchev–Trinajstić information content (AvgIpc) is 2.56. The first kappa shape index (κ1) is 16.5. The summed E-state index contributed by atoms with van der Waals surface area (Å²) in [5.41, 5.74) is -0.146. The van der Waals surface area contributed by atoms with Gasteiger partial charge in [0.15, 0.2) is 0 Å². The lowest BCUT2D eigenvalue weighted by Crippen LogP contribution is -2.65. The van der Waals surface area contributed by atoms with Crippen molar-refractivity contribution in [3.63, 3.8) is 0 Å². The van der Waals surface area contributed by atoms with Crippen LogP contribution in [-0.4, -0.2) is 53.6 Å². The molecule has 126 valence electrons. The molecular formula is C19H27NO3. The van der Waals surface area contributed by atoms with E-state index >= 15 is 0 Å². The van der Waals surface area contributed by atoms with Crippen LogP contribution >= 0.6 is 0 Å². The van der Waals surface area contributed by atoms with Crippen molar-refractivity contribution < 1.29 is 14.9 Å². The fourth-order valence-electron chi connectivity index (χ4n) is 4.49. The van der Waals surface area contributed by atoms with Crippen LogP contribution in [0.1, 0.15) is 31.2 Å². The lowest BCUT2D eigenvalue weighted by molar-refractivity contribution is -0.140. The topological polar surface area (TPSA) is 52.9 Å². The highest BCUT2D eigenvalue weighted by molar-refractivity contribution is 5.38. The quantitative estimate of drug-likeness (QED) is 0.835. The zero-order valence-corrected chi connectivity index (χ0v) is 13.9. The van der Waals surface area contributed by atoms with Gasteiger partial charge in [-0.2, -0.15) is 0 Å². The van der Waals surface area contributed by atoms with Gasteiger partial charge in [0.25, 0.3) is 0 Å². The maximum absolute atomic E-state index is 11.5. The molecule has 0 spiro atoms. The maximum Gasteiger partial charge on any atom is 0.119 e. The van der Waals surface area contributed by atoms with Gasteiger partial charge in [-0.1, -0.05) is 18.2 Å². The second-order valence-corrected chi connectivity index (χ2v) is 7.02. The number of methoxy groups -OCH3 is 1. The van der Waals surface area contributed by atoms with Crippen LogP contribution in [0.5, 0.6) is 5.75 Å². The summed E-state index contributed by atoms with van der Waals surface area (Å²) in [4.78, 5) is 2.25. The molecular weight excluding hydrogens is 290 g/mol. The Morgan fingerprint density at radius 2 is 2.26 bits per heavy atom. The van der Waals surface area contributed by atoms with Crippen LogP contribution in [0.4, 0.5) is 0 Å². The molecule has 23 heavy (non-hydrogen) atoms. The Morgan fingerprint density at radius 1 is 1.43 bits per heavy atom. The van der Waals surface area contributed by atoms with Crippen LogP contribution in [0.15, 0.2) is 36.9 Å². The lowest BCUT2D eigenvalue weighted by atomic mass is 9.55. The number of piperidine rings is 1. The zero-order chi connectivity index (χ0) is 16.5. The molecule has 0 bridgehead atoms. The summed E-state index contributed by atoms with van der Waals surface area (Å²) < 4.78 is 5.37. The van der Waals surface area contributed by atoms with Crippen molar-refractivity contribution in [3.05, 3.63) is 42.5 Å². The summed E-state index contributed by atoms with van der Waals surface area (Å²) in [6.07, 6.45) is 4.26. The van der Waals surface area contributed by atoms with Gasteiger partial charge in [0, 0.05) is 18.5 Å². The molecule has 4 nitrogen and oxygen atoms in total. The molecule has 0 aromatic heterocycles. The molecule has 1 aromatic rings. The molecule has 4 heteroatoms. The molecule has 2 aliphatic rings. The molecule has 1 unspecified atom stereocenters. The maximum atomic E-state index is 11.5. The number of β-amino-alcohol motifs (C(OH)–C–C–N with tert-alkyl or cyclic N) is 1. The lowest BCUT2D eigenvalue weighted by Gasteiger charge is -2.57. The van der Waals surface area contributed by atoms with Gasteiger partial charge in [-0.15, -0.1) is 6.58 Å². The van der Waals surface area contributed by atoms with Crippen molar-refractivity contribution >= 4 is 0 Å². The van der Waals surface area contributed by atoms with E-state index in [-0.39, 0.29) is 6.10 Å². The van der Waals surface area contributed by atoms with Crippen molar-refractivity contribution in [2.75, 3.05) is 26.7 Å². The van der Waals surface area contributed by atoms with Crippen LogP contribution in [0.25, 0.3) is 0 Å². The number of aliphatic hydroxyl groups excluding tert-OH is 1. The third-order valence-corrected chi connectivity index (χ3v) is 5.72. The van der Waals surface area contributed by atoms with Crippen molar-refractivity contribution in [2.24, 2.45) is 0 Å². The second-order valence-electron chi connectivity index (χ2n) is 7.02. The predicted molar refractivity (Wildman–Crippen MR) is 90.7 cm³/mol. The van der Waals surface area contributed by atoms with Crippen molar-refractivity contribution in [1.82, 2.24) is 4.90 Å². The molecule has 1 aromatic carbocycles. The fourth-order valence-corrected chi connectivity index (χ4v) is 4.49. The van der Waals surface area contributed by atoms with E-state index in [9.17, 15) is 10.2 Å². The highest BCUT2D eigenvalue weighted by Crippen LogP contribution is 2.52. The third-order valence-electron chi connectivity index (χ3n) is 5.72. The number of fused-ring (bicyclic) bond motifs is 1. The molecule has 0 radical (unpaired) electrons. The number of rotatable bonds is 4. The van der Waals surface area contributed by atoms with Crippen molar-refractivity contribution in [3.8, 4) is 5.75 Å². The summed E-state index contributed by atoms with van der Waals surface area (Å²) in [7, 11) is 1.66. The molecule has 1 saturated heterocycles. The number of benzene rings is 1. The van der Waals surface area contributed by atoms with E-state index in [0.29, 0.717) is 25.8 Å². The Kier molecular flexibility index (Phi) is 4.50. The van der Waals surface area contributed by atoms with Crippen LogP contribution in [0.2, 0.25) is 0 Å². The predicted octanol–water partition coefficient (Wildman–Crippen LogP) is 2.10. The van der Waals surface area contributed by atoms with E-state index in [2.05, 4.69) is 17.5 Å². The van der Waals surface area contributed by atoms with E-state index in [1.165, 1.54) is 0 Å². The highest BCUT2D eigenvalue weighted by Gasteiger charge is 2.57. The SMILES string of the molecule is C=CCN1CC[C@]2(c3cccc(OC)c3)CC(O)CC[C@@]2(O)C1. The van der Waals surface area contributed by atoms with Gasteiger partial charge in [0.05, 0.1) is 18.8 Å². The molecule has 1 saturated carbocycles. The number of aliphatic hydroxyl groups is 2. The third kappa shape index (κ3) is 2.80. The first-order valence-corrected chi connectivity index (χ1v) is 8.41. The van der Waals surface area contributed by atoms with E-state index < -0.39 is 11.0 Å².